The monoisotopic (exact) mass is 448 g/mol. The molecule has 0 radical (unpaired) electrons. The van der Waals surface area contributed by atoms with E-state index < -0.39 is 29.0 Å². The van der Waals surface area contributed by atoms with Gasteiger partial charge < -0.3 is 0 Å². The van der Waals surface area contributed by atoms with Gasteiger partial charge in [-0.05, 0) is 0 Å². The molecule has 1 unspecified atom stereocenters. The fourth-order valence-corrected chi connectivity index (χ4v) is 14.4. The summed E-state index contributed by atoms with van der Waals surface area (Å²) in [6, 6.07) is 15.5. The second kappa shape index (κ2) is 6.67. The first-order valence-electron chi connectivity index (χ1n) is 7.45. The summed E-state index contributed by atoms with van der Waals surface area (Å²) >= 11 is -3.21. The zero-order chi connectivity index (χ0) is 17.3. The summed E-state index contributed by atoms with van der Waals surface area (Å²) in [5.41, 5.74) is 0.481. The molecule has 0 bridgehead atoms. The Kier molecular flexibility index (Phi) is 5.41. The fraction of sp³-hybridized carbons (Fsp3) is 0.333. The van der Waals surface area contributed by atoms with Crippen molar-refractivity contribution in [1.29, 1.82) is 0 Å². The van der Waals surface area contributed by atoms with E-state index in [2.05, 4.69) is 30.9 Å². The third kappa shape index (κ3) is 4.66. The van der Waals surface area contributed by atoms with E-state index in [9.17, 15) is 13.2 Å². The molecule has 0 aliphatic carbocycles. The molecule has 0 saturated carbocycles. The molecule has 2 aromatic carbocycles. The van der Waals surface area contributed by atoms with Crippen molar-refractivity contribution in [3.63, 3.8) is 0 Å². The summed E-state index contributed by atoms with van der Waals surface area (Å²) in [5, 5.41) is 0. The zero-order valence-corrected chi connectivity index (χ0v) is 17.0. The topological polar surface area (TPSA) is 0 Å². The zero-order valence-electron chi connectivity index (χ0n) is 13.4. The van der Waals surface area contributed by atoms with Crippen LogP contribution in [0.3, 0.4) is 0 Å². The Bertz CT molecular complexity index is 646. The van der Waals surface area contributed by atoms with Crippen LogP contribution in [0.4, 0.5) is 13.2 Å². The summed E-state index contributed by atoms with van der Waals surface area (Å²) in [7, 11) is 6.89. The molecule has 0 saturated heterocycles. The Morgan fingerprint density at radius 3 is 1.87 bits per heavy atom. The molecular formula is C18H20ClF3Sn. The van der Waals surface area contributed by atoms with Crippen LogP contribution in [0, 0.1) is 0 Å². The fourth-order valence-electron chi connectivity index (χ4n) is 2.93. The minimum atomic E-state index is -4.31. The van der Waals surface area contributed by atoms with Crippen LogP contribution >= 0.6 is 8.92 Å². The van der Waals surface area contributed by atoms with Gasteiger partial charge in [-0.2, -0.15) is 0 Å². The minimum absolute atomic E-state index is 0.101. The van der Waals surface area contributed by atoms with E-state index in [1.807, 2.05) is 18.2 Å². The van der Waals surface area contributed by atoms with Crippen molar-refractivity contribution < 1.29 is 13.2 Å². The predicted octanol–water partition coefficient (Wildman–Crippen LogP) is 5.70. The van der Waals surface area contributed by atoms with Crippen molar-refractivity contribution in [3.8, 4) is 0 Å². The van der Waals surface area contributed by atoms with Gasteiger partial charge in [-0.1, -0.05) is 0 Å². The van der Waals surface area contributed by atoms with Crippen molar-refractivity contribution in [3.05, 3.63) is 65.7 Å². The van der Waals surface area contributed by atoms with Crippen LogP contribution in [0.15, 0.2) is 54.6 Å². The molecule has 2 aromatic rings. The molecule has 0 amide bonds. The average Bonchev–Trinajstić information content (AvgIpc) is 2.46. The molecule has 0 aliphatic rings. The van der Waals surface area contributed by atoms with Gasteiger partial charge in [0, 0.05) is 0 Å². The number of alkyl halides is 3. The summed E-state index contributed by atoms with van der Waals surface area (Å²) in [6.07, 6.45) is -4.31. The maximum atomic E-state index is 12.7. The molecule has 0 nitrogen and oxygen atoms in total. The SMILES string of the molecule is CC(C)([CH2][Sn]([CH3])([Cl])[c]1ccc(C(F)(F)F)cc1)c1ccccc1. The third-order valence-electron chi connectivity index (χ3n) is 4.14. The van der Waals surface area contributed by atoms with Crippen LogP contribution in [0.1, 0.15) is 25.0 Å². The number of rotatable bonds is 4. The van der Waals surface area contributed by atoms with Gasteiger partial charge in [-0.25, -0.2) is 0 Å². The first kappa shape index (κ1) is 18.7. The summed E-state index contributed by atoms with van der Waals surface area (Å²) in [4.78, 5) is 2.06. The van der Waals surface area contributed by atoms with Crippen LogP contribution < -0.4 is 3.58 Å². The molecule has 0 heterocycles. The van der Waals surface area contributed by atoms with Crippen LogP contribution in [-0.2, 0) is 11.6 Å². The van der Waals surface area contributed by atoms with Gasteiger partial charge in [0.25, 0.3) is 0 Å². The molecule has 5 heteroatoms. The standard InChI is InChI=1S/C10H13.C7H4F3.CH3.ClH.Sn/c1-10(2,3)9-7-5-4-6-8-9;8-7(9,10)6-4-2-1-3-5-6;;;/h4-8H,1H2,2-3H3;2-5H;1H3;1H;/q;;;;+1/p-1. The molecule has 1 atom stereocenters. The summed E-state index contributed by atoms with van der Waals surface area (Å²) in [5.74, 6) is 0. The van der Waals surface area contributed by atoms with E-state index in [0.717, 1.165) is 20.1 Å². The van der Waals surface area contributed by atoms with E-state index in [1.54, 1.807) is 12.1 Å². The van der Waals surface area contributed by atoms with Gasteiger partial charge in [0.05, 0.1) is 0 Å². The van der Waals surface area contributed by atoms with Crippen LogP contribution in [0.2, 0.25) is 9.38 Å². The predicted molar refractivity (Wildman–Crippen MR) is 92.8 cm³/mol. The van der Waals surface area contributed by atoms with Gasteiger partial charge >= 0.3 is 143 Å². The van der Waals surface area contributed by atoms with Crippen molar-refractivity contribution in [2.45, 2.75) is 34.8 Å². The number of benzene rings is 2. The third-order valence-corrected chi connectivity index (χ3v) is 15.3. The quantitative estimate of drug-likeness (QED) is 0.527. The summed E-state index contributed by atoms with van der Waals surface area (Å²) < 4.78 is 39.8. The Hall–Kier alpha value is -0.681. The van der Waals surface area contributed by atoms with E-state index in [0.29, 0.717) is 0 Å². The van der Waals surface area contributed by atoms with Gasteiger partial charge in [0.15, 0.2) is 0 Å². The van der Waals surface area contributed by atoms with E-state index in [4.69, 9.17) is 8.92 Å². The van der Waals surface area contributed by atoms with Crippen molar-refractivity contribution in [2.75, 3.05) is 0 Å². The number of hydrogen-bond donors (Lipinski definition) is 0. The molecule has 0 spiro atoms. The molecule has 0 N–H and O–H groups in total. The van der Waals surface area contributed by atoms with E-state index in [-0.39, 0.29) is 5.41 Å². The molecular weight excluding hydrogens is 427 g/mol. The Balaban J connectivity index is 2.24. The van der Waals surface area contributed by atoms with Crippen molar-refractivity contribution in [1.82, 2.24) is 0 Å². The Labute approximate surface area is 143 Å². The van der Waals surface area contributed by atoms with E-state index in [1.165, 1.54) is 5.56 Å². The molecule has 0 aliphatic heterocycles. The van der Waals surface area contributed by atoms with Crippen molar-refractivity contribution in [2.24, 2.45) is 0 Å². The number of halogens is 4. The maximum absolute atomic E-state index is 12.7. The Morgan fingerprint density at radius 1 is 0.870 bits per heavy atom. The van der Waals surface area contributed by atoms with Crippen LogP contribution in [0.5, 0.6) is 0 Å². The second-order valence-electron chi connectivity index (χ2n) is 6.70. The number of hydrogen-bond acceptors (Lipinski definition) is 0. The average molecular weight is 448 g/mol. The van der Waals surface area contributed by atoms with Crippen LogP contribution in [0.25, 0.3) is 0 Å². The molecule has 23 heavy (non-hydrogen) atoms. The normalized spacial score (nSPS) is 15.3. The van der Waals surface area contributed by atoms with Crippen LogP contribution in [-0.4, -0.2) is 17.3 Å². The van der Waals surface area contributed by atoms with Gasteiger partial charge in [-0.15, -0.1) is 0 Å². The first-order chi connectivity index (χ1) is 10.5. The van der Waals surface area contributed by atoms with Gasteiger partial charge in [0.2, 0.25) is 0 Å². The molecule has 0 aromatic heterocycles. The molecule has 124 valence electrons. The van der Waals surface area contributed by atoms with Gasteiger partial charge in [0.1, 0.15) is 0 Å². The second-order valence-corrected chi connectivity index (χ2v) is 21.8. The Morgan fingerprint density at radius 2 is 1.39 bits per heavy atom. The van der Waals surface area contributed by atoms with E-state index >= 15 is 0 Å². The molecule has 2 rings (SSSR count). The first-order valence-corrected chi connectivity index (χ1v) is 17.4. The summed E-state index contributed by atoms with van der Waals surface area (Å²) in [6.45, 7) is 4.29. The van der Waals surface area contributed by atoms with Gasteiger partial charge in [-0.3, -0.25) is 0 Å². The molecule has 0 fully saturated rings. The van der Waals surface area contributed by atoms with Crippen molar-refractivity contribution >= 4 is 29.8 Å².